The lowest BCUT2D eigenvalue weighted by Crippen LogP contribution is -2.53. The van der Waals surface area contributed by atoms with Crippen LogP contribution in [-0.4, -0.2) is 84.1 Å². The summed E-state index contributed by atoms with van der Waals surface area (Å²) < 4.78 is 5.31. The molecule has 0 spiro atoms. The highest BCUT2D eigenvalue weighted by Crippen LogP contribution is 2.11. The first kappa shape index (κ1) is 26.0. The average molecular weight is 498 g/mol. The molecule has 0 aliphatic carbocycles. The van der Waals surface area contributed by atoms with E-state index in [0.717, 1.165) is 5.56 Å². The predicted molar refractivity (Wildman–Crippen MR) is 128 cm³/mol. The maximum Gasteiger partial charge on any atom is 0.410 e. The summed E-state index contributed by atoms with van der Waals surface area (Å²) in [6.45, 7) is 0.556. The number of piperazine rings is 1. The minimum Gasteiger partial charge on any atom is -0.480 e. The number of carbonyl (C=O) groups excluding carboxylic acids is 4. The van der Waals surface area contributed by atoms with Gasteiger partial charge in [-0.15, -0.1) is 0 Å². The van der Waals surface area contributed by atoms with Crippen molar-refractivity contribution in [1.82, 2.24) is 20.4 Å². The van der Waals surface area contributed by atoms with E-state index in [1.807, 2.05) is 30.3 Å². The van der Waals surface area contributed by atoms with E-state index < -0.39 is 36.5 Å². The van der Waals surface area contributed by atoms with Crippen LogP contribution in [-0.2, 0) is 20.9 Å². The van der Waals surface area contributed by atoms with Crippen molar-refractivity contribution < 1.29 is 33.8 Å². The van der Waals surface area contributed by atoms with Crippen LogP contribution in [0.4, 0.5) is 15.3 Å². The highest BCUT2D eigenvalue weighted by Gasteiger charge is 2.25. The zero-order valence-corrected chi connectivity index (χ0v) is 19.4. The Morgan fingerprint density at radius 1 is 0.833 bits per heavy atom. The topological polar surface area (TPSA) is 157 Å². The van der Waals surface area contributed by atoms with E-state index in [2.05, 4.69) is 16.0 Å². The SMILES string of the molecule is O=C(O)CNC(=O)c1cccc(NC(=O)CNC(=O)N2CCN(C(=O)OCc3ccccc3)CC2)c1. The van der Waals surface area contributed by atoms with Crippen LogP contribution >= 0.6 is 0 Å². The first-order valence-electron chi connectivity index (χ1n) is 11.2. The number of nitrogens with one attached hydrogen (secondary N) is 3. The average Bonchev–Trinajstić information content (AvgIpc) is 2.89. The minimum absolute atomic E-state index is 0.172. The second-order valence-electron chi connectivity index (χ2n) is 7.88. The quantitative estimate of drug-likeness (QED) is 0.425. The first-order valence-corrected chi connectivity index (χ1v) is 11.2. The molecule has 1 heterocycles. The fourth-order valence-corrected chi connectivity index (χ4v) is 3.37. The van der Waals surface area contributed by atoms with Gasteiger partial charge in [-0.25, -0.2) is 9.59 Å². The molecule has 190 valence electrons. The Hall–Kier alpha value is -4.61. The highest BCUT2D eigenvalue weighted by atomic mass is 16.6. The lowest BCUT2D eigenvalue weighted by atomic mass is 10.2. The molecule has 0 unspecified atom stereocenters. The van der Waals surface area contributed by atoms with Gasteiger partial charge in [0.1, 0.15) is 13.2 Å². The number of hydrogen-bond acceptors (Lipinski definition) is 6. The molecule has 0 bridgehead atoms. The number of ether oxygens (including phenoxy) is 1. The summed E-state index contributed by atoms with van der Waals surface area (Å²) in [4.78, 5) is 62.5. The third kappa shape index (κ3) is 8.01. The Morgan fingerprint density at radius 3 is 2.22 bits per heavy atom. The van der Waals surface area contributed by atoms with Crippen LogP contribution in [0.2, 0.25) is 0 Å². The number of carboxylic acids is 1. The largest absolute Gasteiger partial charge is 0.480 e. The van der Waals surface area contributed by atoms with Crippen molar-refractivity contribution in [1.29, 1.82) is 0 Å². The molecule has 0 saturated carbocycles. The van der Waals surface area contributed by atoms with Gasteiger partial charge < -0.3 is 35.6 Å². The van der Waals surface area contributed by atoms with Gasteiger partial charge in [0.25, 0.3) is 5.91 Å². The normalized spacial score (nSPS) is 12.9. The molecule has 5 amide bonds. The molecular formula is C24H27N5O7. The zero-order valence-electron chi connectivity index (χ0n) is 19.4. The van der Waals surface area contributed by atoms with Crippen molar-refractivity contribution in [2.45, 2.75) is 6.61 Å². The number of amides is 5. The van der Waals surface area contributed by atoms with Crippen molar-refractivity contribution in [3.05, 3.63) is 65.7 Å². The van der Waals surface area contributed by atoms with E-state index in [-0.39, 0.29) is 18.7 Å². The Bertz CT molecular complexity index is 1100. The van der Waals surface area contributed by atoms with E-state index in [9.17, 15) is 24.0 Å². The van der Waals surface area contributed by atoms with Gasteiger partial charge in [0.15, 0.2) is 0 Å². The van der Waals surface area contributed by atoms with Crippen LogP contribution in [0.1, 0.15) is 15.9 Å². The molecular weight excluding hydrogens is 470 g/mol. The molecule has 0 radical (unpaired) electrons. The molecule has 2 aromatic rings. The van der Waals surface area contributed by atoms with Gasteiger partial charge in [-0.2, -0.15) is 0 Å². The van der Waals surface area contributed by atoms with E-state index in [0.29, 0.717) is 31.9 Å². The molecule has 12 heteroatoms. The van der Waals surface area contributed by atoms with Gasteiger partial charge in [0.05, 0.1) is 6.54 Å². The van der Waals surface area contributed by atoms with Gasteiger partial charge >= 0.3 is 18.1 Å². The molecule has 1 fully saturated rings. The number of hydrogen-bond donors (Lipinski definition) is 4. The molecule has 12 nitrogen and oxygen atoms in total. The van der Waals surface area contributed by atoms with Crippen molar-refractivity contribution in [3.63, 3.8) is 0 Å². The molecule has 3 rings (SSSR count). The number of rotatable bonds is 8. The summed E-state index contributed by atoms with van der Waals surface area (Å²) in [5.41, 5.74) is 1.38. The molecule has 1 saturated heterocycles. The van der Waals surface area contributed by atoms with Crippen molar-refractivity contribution >= 4 is 35.6 Å². The summed E-state index contributed by atoms with van der Waals surface area (Å²) >= 11 is 0. The number of urea groups is 1. The fourth-order valence-electron chi connectivity index (χ4n) is 3.37. The number of anilines is 1. The fraction of sp³-hybridized carbons (Fsp3) is 0.292. The number of aliphatic carboxylic acids is 1. The second-order valence-corrected chi connectivity index (χ2v) is 7.88. The number of benzene rings is 2. The lowest BCUT2D eigenvalue weighted by Gasteiger charge is -2.34. The number of carboxylic acid groups (broad SMARTS) is 1. The highest BCUT2D eigenvalue weighted by molar-refractivity contribution is 5.99. The Morgan fingerprint density at radius 2 is 1.53 bits per heavy atom. The third-order valence-electron chi connectivity index (χ3n) is 5.24. The standard InChI is InChI=1S/C24H27N5O7/c30-20(27-19-8-4-7-18(13-19)22(33)25-15-21(31)32)14-26-23(34)28-9-11-29(12-10-28)24(35)36-16-17-5-2-1-3-6-17/h1-8,13H,9-12,14-16H2,(H,25,33)(H,26,34)(H,27,30)(H,31,32). The van der Waals surface area contributed by atoms with Gasteiger partial charge in [-0.1, -0.05) is 36.4 Å². The summed E-state index contributed by atoms with van der Waals surface area (Å²) in [6, 6.07) is 14.9. The van der Waals surface area contributed by atoms with E-state index in [1.165, 1.54) is 28.0 Å². The molecule has 0 atom stereocenters. The number of carbonyl (C=O) groups is 5. The van der Waals surface area contributed by atoms with E-state index >= 15 is 0 Å². The molecule has 2 aromatic carbocycles. The third-order valence-corrected chi connectivity index (χ3v) is 5.24. The smallest absolute Gasteiger partial charge is 0.410 e. The van der Waals surface area contributed by atoms with Crippen LogP contribution in [0.25, 0.3) is 0 Å². The Kier molecular flexibility index (Phi) is 9.20. The zero-order chi connectivity index (χ0) is 25.9. The molecule has 4 N–H and O–H groups in total. The van der Waals surface area contributed by atoms with Gasteiger partial charge in [0.2, 0.25) is 5.91 Å². The molecule has 0 aromatic heterocycles. The van der Waals surface area contributed by atoms with Crippen molar-refractivity contribution in [2.75, 3.05) is 44.6 Å². The molecule has 1 aliphatic heterocycles. The summed E-state index contributed by atoms with van der Waals surface area (Å²) in [6.07, 6.45) is -0.447. The monoisotopic (exact) mass is 497 g/mol. The van der Waals surface area contributed by atoms with Crippen molar-refractivity contribution in [3.8, 4) is 0 Å². The van der Waals surface area contributed by atoms with Crippen LogP contribution < -0.4 is 16.0 Å². The summed E-state index contributed by atoms with van der Waals surface area (Å²) in [7, 11) is 0. The minimum atomic E-state index is -1.17. The van der Waals surface area contributed by atoms with E-state index in [4.69, 9.17) is 9.84 Å². The van der Waals surface area contributed by atoms with Gasteiger partial charge in [0, 0.05) is 37.4 Å². The maximum absolute atomic E-state index is 12.4. The van der Waals surface area contributed by atoms with Crippen molar-refractivity contribution in [2.24, 2.45) is 0 Å². The van der Waals surface area contributed by atoms with Crippen LogP contribution in [0.15, 0.2) is 54.6 Å². The van der Waals surface area contributed by atoms with Crippen LogP contribution in [0.3, 0.4) is 0 Å². The van der Waals surface area contributed by atoms with Gasteiger partial charge in [-0.05, 0) is 23.8 Å². The Balaban J connectivity index is 1.38. The lowest BCUT2D eigenvalue weighted by molar-refractivity contribution is -0.135. The second kappa shape index (κ2) is 12.7. The van der Waals surface area contributed by atoms with Crippen LogP contribution in [0, 0.1) is 0 Å². The summed E-state index contributed by atoms with van der Waals surface area (Å²) in [5, 5.41) is 16.0. The summed E-state index contributed by atoms with van der Waals surface area (Å²) in [5.74, 6) is -2.27. The predicted octanol–water partition coefficient (Wildman–Crippen LogP) is 1.10. The van der Waals surface area contributed by atoms with Crippen LogP contribution in [0.5, 0.6) is 0 Å². The van der Waals surface area contributed by atoms with Gasteiger partial charge in [-0.3, -0.25) is 14.4 Å². The first-order chi connectivity index (χ1) is 17.3. The molecule has 1 aliphatic rings. The Labute approximate surface area is 207 Å². The molecule has 36 heavy (non-hydrogen) atoms. The van der Waals surface area contributed by atoms with E-state index in [1.54, 1.807) is 6.07 Å². The number of nitrogens with zero attached hydrogens (tertiary/aromatic N) is 2. The maximum atomic E-state index is 12.4.